The van der Waals surface area contributed by atoms with Crippen LogP contribution in [-0.4, -0.2) is 27.2 Å². The maximum atomic E-state index is 10.9. The zero-order valence-electron chi connectivity index (χ0n) is 14.5. The predicted molar refractivity (Wildman–Crippen MR) is 103 cm³/mol. The van der Waals surface area contributed by atoms with Crippen LogP contribution in [0.4, 0.5) is 11.4 Å². The molecule has 1 atom stereocenters. The maximum Gasteiger partial charge on any atom is 0.269 e. The van der Waals surface area contributed by atoms with Crippen LogP contribution in [0.1, 0.15) is 12.8 Å². The number of rotatable bonds is 5. The molecule has 0 saturated carbocycles. The number of thiazole rings is 1. The normalized spacial score (nSPS) is 17.3. The van der Waals surface area contributed by atoms with E-state index < -0.39 is 0 Å². The van der Waals surface area contributed by atoms with Crippen LogP contribution in [0.2, 0.25) is 0 Å². The van der Waals surface area contributed by atoms with Gasteiger partial charge in [0.1, 0.15) is 0 Å². The van der Waals surface area contributed by atoms with Crippen LogP contribution in [0.5, 0.6) is 0 Å². The highest BCUT2D eigenvalue weighted by Crippen LogP contribution is 2.25. The van der Waals surface area contributed by atoms with Gasteiger partial charge in [-0.1, -0.05) is 0 Å². The second kappa shape index (κ2) is 7.81. The Labute approximate surface area is 159 Å². The van der Waals surface area contributed by atoms with Crippen LogP contribution in [0.15, 0.2) is 59.2 Å². The van der Waals surface area contributed by atoms with Crippen molar-refractivity contribution in [1.29, 1.82) is 0 Å². The first-order chi connectivity index (χ1) is 13.2. The lowest BCUT2D eigenvalue weighted by molar-refractivity contribution is -0.384. The van der Waals surface area contributed by atoms with Gasteiger partial charge in [0.05, 0.1) is 35.2 Å². The average molecular weight is 382 g/mol. The lowest BCUT2D eigenvalue weighted by Gasteiger charge is -2.14. The average Bonchev–Trinajstić information content (AvgIpc) is 3.34. The van der Waals surface area contributed by atoms with Crippen molar-refractivity contribution in [2.75, 3.05) is 6.61 Å². The highest BCUT2D eigenvalue weighted by molar-refractivity contribution is 7.07. The van der Waals surface area contributed by atoms with E-state index in [1.54, 1.807) is 24.5 Å². The number of nitro groups is 1. The number of benzene rings is 1. The van der Waals surface area contributed by atoms with Gasteiger partial charge in [0, 0.05) is 30.3 Å². The summed E-state index contributed by atoms with van der Waals surface area (Å²) in [5.41, 5.74) is 2.77. The molecule has 1 aromatic carbocycles. The summed E-state index contributed by atoms with van der Waals surface area (Å²) in [5, 5.41) is 13.0. The van der Waals surface area contributed by atoms with Gasteiger partial charge >= 0.3 is 0 Å². The highest BCUT2D eigenvalue weighted by atomic mass is 32.1. The minimum absolute atomic E-state index is 0.0833. The van der Waals surface area contributed by atoms with Gasteiger partial charge in [0.25, 0.3) is 5.69 Å². The lowest BCUT2D eigenvalue weighted by Crippen LogP contribution is -2.24. The fourth-order valence-corrected chi connectivity index (χ4v) is 4.04. The third-order valence-electron chi connectivity index (χ3n) is 4.45. The van der Waals surface area contributed by atoms with Gasteiger partial charge in [-0.2, -0.15) is 0 Å². The first kappa shape index (κ1) is 17.6. The standard InChI is InChI=1S/C19H18N4O3S/c24-23(25)16-7-5-14(6-8-16)18-13-27-19(21-15-3-1-9-20-11-15)22(18)12-17-4-2-10-26-17/h1,3,5-9,11,13,17H,2,4,10,12H2. The Balaban J connectivity index is 1.76. The number of hydrogen-bond acceptors (Lipinski definition) is 6. The monoisotopic (exact) mass is 382 g/mol. The molecule has 3 heterocycles. The molecular weight excluding hydrogens is 364 g/mol. The first-order valence-corrected chi connectivity index (χ1v) is 9.58. The van der Waals surface area contributed by atoms with Crippen molar-refractivity contribution >= 4 is 22.7 Å². The molecule has 27 heavy (non-hydrogen) atoms. The Hall–Kier alpha value is -2.84. The third-order valence-corrected chi connectivity index (χ3v) is 5.32. The van der Waals surface area contributed by atoms with Crippen molar-refractivity contribution in [1.82, 2.24) is 9.55 Å². The van der Waals surface area contributed by atoms with Crippen molar-refractivity contribution in [2.24, 2.45) is 4.99 Å². The Kier molecular flexibility index (Phi) is 5.08. The highest BCUT2D eigenvalue weighted by Gasteiger charge is 2.19. The summed E-state index contributed by atoms with van der Waals surface area (Å²) < 4.78 is 7.95. The maximum absolute atomic E-state index is 10.9. The van der Waals surface area contributed by atoms with E-state index in [0.29, 0.717) is 6.54 Å². The molecule has 138 valence electrons. The van der Waals surface area contributed by atoms with Gasteiger partial charge < -0.3 is 9.30 Å². The minimum Gasteiger partial charge on any atom is -0.376 e. The van der Waals surface area contributed by atoms with Gasteiger partial charge in [-0.15, -0.1) is 11.3 Å². The Morgan fingerprint density at radius 3 is 2.85 bits per heavy atom. The van der Waals surface area contributed by atoms with Crippen LogP contribution in [0.3, 0.4) is 0 Å². The van der Waals surface area contributed by atoms with Crippen molar-refractivity contribution in [3.8, 4) is 11.3 Å². The SMILES string of the molecule is O=[N+]([O-])c1ccc(-c2csc(=Nc3cccnc3)n2CC2CCCO2)cc1. The van der Waals surface area contributed by atoms with E-state index in [-0.39, 0.29) is 16.7 Å². The summed E-state index contributed by atoms with van der Waals surface area (Å²) >= 11 is 1.54. The van der Waals surface area contributed by atoms with Crippen molar-refractivity contribution in [3.05, 3.63) is 69.1 Å². The van der Waals surface area contributed by atoms with Gasteiger partial charge in [-0.25, -0.2) is 4.99 Å². The predicted octanol–water partition coefficient (Wildman–Crippen LogP) is 3.93. The van der Waals surface area contributed by atoms with E-state index in [4.69, 9.17) is 9.73 Å². The number of nitro benzene ring substituents is 1. The molecule has 1 saturated heterocycles. The zero-order valence-corrected chi connectivity index (χ0v) is 15.3. The van der Waals surface area contributed by atoms with Crippen LogP contribution in [0.25, 0.3) is 11.3 Å². The first-order valence-electron chi connectivity index (χ1n) is 8.70. The molecule has 8 heteroatoms. The lowest BCUT2D eigenvalue weighted by atomic mass is 10.1. The summed E-state index contributed by atoms with van der Waals surface area (Å²) in [7, 11) is 0. The number of ether oxygens (including phenoxy) is 1. The van der Waals surface area contributed by atoms with Crippen LogP contribution < -0.4 is 4.80 Å². The van der Waals surface area contributed by atoms with E-state index in [9.17, 15) is 10.1 Å². The largest absolute Gasteiger partial charge is 0.376 e. The topological polar surface area (TPSA) is 82.5 Å². The third kappa shape index (κ3) is 3.96. The Morgan fingerprint density at radius 1 is 1.33 bits per heavy atom. The molecule has 3 aromatic rings. The number of hydrogen-bond donors (Lipinski definition) is 0. The van der Waals surface area contributed by atoms with E-state index in [2.05, 4.69) is 9.55 Å². The van der Waals surface area contributed by atoms with Gasteiger partial charge in [0.2, 0.25) is 0 Å². The molecule has 4 rings (SSSR count). The molecule has 0 N–H and O–H groups in total. The van der Waals surface area contributed by atoms with Gasteiger partial charge in [-0.05, 0) is 42.7 Å². The molecule has 1 aliphatic heterocycles. The summed E-state index contributed by atoms with van der Waals surface area (Å²) in [6.45, 7) is 1.49. The molecule has 1 aliphatic rings. The van der Waals surface area contributed by atoms with E-state index in [0.717, 1.165) is 41.2 Å². The molecule has 0 bridgehead atoms. The summed E-state index contributed by atoms with van der Waals surface area (Å²) in [6, 6.07) is 10.4. The van der Waals surface area contributed by atoms with E-state index in [1.807, 2.05) is 17.5 Å². The Bertz CT molecular complexity index is 990. The van der Waals surface area contributed by atoms with Crippen molar-refractivity contribution in [2.45, 2.75) is 25.5 Å². The number of pyridine rings is 1. The van der Waals surface area contributed by atoms with Crippen molar-refractivity contribution in [3.63, 3.8) is 0 Å². The second-order valence-electron chi connectivity index (χ2n) is 6.28. The summed E-state index contributed by atoms with van der Waals surface area (Å²) in [6.07, 6.45) is 5.69. The van der Waals surface area contributed by atoms with Crippen molar-refractivity contribution < 1.29 is 9.66 Å². The number of nitrogens with zero attached hydrogens (tertiary/aromatic N) is 4. The van der Waals surface area contributed by atoms with E-state index in [1.165, 1.54) is 23.5 Å². The summed E-state index contributed by atoms with van der Waals surface area (Å²) in [4.78, 5) is 20.2. The van der Waals surface area contributed by atoms with E-state index >= 15 is 0 Å². The quantitative estimate of drug-likeness (QED) is 0.494. The molecule has 7 nitrogen and oxygen atoms in total. The molecule has 1 unspecified atom stereocenters. The fraction of sp³-hybridized carbons (Fsp3) is 0.263. The molecule has 0 spiro atoms. The molecule has 2 aromatic heterocycles. The number of aromatic nitrogens is 2. The minimum atomic E-state index is -0.388. The number of non-ortho nitro benzene ring substituents is 1. The smallest absolute Gasteiger partial charge is 0.269 e. The summed E-state index contributed by atoms with van der Waals surface area (Å²) in [5.74, 6) is 0. The van der Waals surface area contributed by atoms with Crippen LogP contribution in [-0.2, 0) is 11.3 Å². The zero-order chi connectivity index (χ0) is 18.6. The second-order valence-corrected chi connectivity index (χ2v) is 7.11. The Morgan fingerprint density at radius 2 is 2.19 bits per heavy atom. The van der Waals surface area contributed by atoms with Gasteiger partial charge in [-0.3, -0.25) is 15.1 Å². The molecule has 0 amide bonds. The fourth-order valence-electron chi connectivity index (χ4n) is 3.10. The van der Waals surface area contributed by atoms with Crippen LogP contribution in [0, 0.1) is 10.1 Å². The van der Waals surface area contributed by atoms with Crippen LogP contribution >= 0.6 is 11.3 Å². The molecule has 0 aliphatic carbocycles. The molecule has 1 fully saturated rings. The van der Waals surface area contributed by atoms with Gasteiger partial charge in [0.15, 0.2) is 4.80 Å². The molecule has 0 radical (unpaired) electrons. The molecular formula is C19H18N4O3S.